The predicted octanol–water partition coefficient (Wildman–Crippen LogP) is 2.00. The fraction of sp³-hybridized carbons (Fsp3) is 0.167. The molecule has 1 aliphatic carbocycles. The van der Waals surface area contributed by atoms with Crippen LogP contribution < -0.4 is 20.2 Å². The van der Waals surface area contributed by atoms with E-state index < -0.39 is 0 Å². The van der Waals surface area contributed by atoms with Crippen LogP contribution in [-0.2, 0) is 6.42 Å². The Labute approximate surface area is 138 Å². The van der Waals surface area contributed by atoms with E-state index in [2.05, 4.69) is 10.4 Å². The fourth-order valence-corrected chi connectivity index (χ4v) is 3.13. The maximum absolute atomic E-state index is 13.4. The van der Waals surface area contributed by atoms with Crippen molar-refractivity contribution in [2.75, 3.05) is 19.5 Å². The first-order chi connectivity index (χ1) is 11.7. The van der Waals surface area contributed by atoms with Crippen LogP contribution in [0.4, 0.5) is 10.1 Å². The standard InChI is InChI=1S/C18H16FN3O2/c1-23-15-7-10-6-14-17(13(10)9-16(15)24-2)21-22-18(14)20-12-5-3-4-11(19)8-12/h3-5,7-9H,6H2,1-2H3,(H2,20,21,22)/p+1. The van der Waals surface area contributed by atoms with E-state index in [1.165, 1.54) is 12.1 Å². The summed E-state index contributed by atoms with van der Waals surface area (Å²) in [5, 5.41) is 7.79. The number of halogens is 1. The Hall–Kier alpha value is -2.86. The third-order valence-electron chi connectivity index (χ3n) is 4.27. The Morgan fingerprint density at radius 3 is 2.67 bits per heavy atom. The molecule has 5 nitrogen and oxygen atoms in total. The summed E-state index contributed by atoms with van der Waals surface area (Å²) in [5.41, 5.74) is 6.73. The lowest BCUT2D eigenvalue weighted by Gasteiger charge is -2.09. The van der Waals surface area contributed by atoms with Gasteiger partial charge in [-0.15, -0.1) is 0 Å². The molecule has 0 bridgehead atoms. The Morgan fingerprint density at radius 2 is 1.92 bits per heavy atom. The molecule has 0 saturated carbocycles. The molecular weight excluding hydrogens is 309 g/mol. The first-order valence-corrected chi connectivity index (χ1v) is 7.62. The van der Waals surface area contributed by atoms with Crippen molar-refractivity contribution >= 4 is 11.4 Å². The fourth-order valence-electron chi connectivity index (χ4n) is 3.13. The van der Waals surface area contributed by atoms with Gasteiger partial charge in [-0.25, -0.2) is 4.39 Å². The van der Waals surface area contributed by atoms with E-state index in [9.17, 15) is 4.39 Å². The number of fused-ring (bicyclic) bond motifs is 3. The Bertz CT molecular complexity index is 890. The van der Waals surface area contributed by atoms with E-state index in [0.29, 0.717) is 17.2 Å². The van der Waals surface area contributed by atoms with Gasteiger partial charge in [-0.1, -0.05) is 11.2 Å². The molecular formula is C18H17FN3O2+. The molecule has 0 fully saturated rings. The number of nitrogens with zero attached hydrogens (tertiary/aromatic N) is 1. The van der Waals surface area contributed by atoms with Crippen LogP contribution in [0.1, 0.15) is 11.1 Å². The van der Waals surface area contributed by atoms with E-state index in [1.54, 1.807) is 25.7 Å². The maximum Gasteiger partial charge on any atom is 0.235 e. The third-order valence-corrected chi connectivity index (χ3v) is 4.27. The minimum atomic E-state index is -0.270. The van der Waals surface area contributed by atoms with E-state index in [0.717, 1.165) is 34.7 Å². The molecule has 0 spiro atoms. The second kappa shape index (κ2) is 5.65. The van der Waals surface area contributed by atoms with Crippen LogP contribution in [0.15, 0.2) is 52.9 Å². The Kier molecular flexibility index (Phi) is 3.46. The zero-order chi connectivity index (χ0) is 16.7. The number of benzene rings is 2. The highest BCUT2D eigenvalue weighted by molar-refractivity contribution is 6.17. The van der Waals surface area contributed by atoms with Crippen molar-refractivity contribution in [1.82, 2.24) is 0 Å². The largest absolute Gasteiger partial charge is 0.493 e. The predicted molar refractivity (Wildman–Crippen MR) is 88.8 cm³/mol. The van der Waals surface area contributed by atoms with Crippen molar-refractivity contribution in [2.45, 2.75) is 6.42 Å². The Balaban J connectivity index is 1.69. The van der Waals surface area contributed by atoms with Crippen LogP contribution in [0.3, 0.4) is 0 Å². The summed E-state index contributed by atoms with van der Waals surface area (Å²) in [5.74, 6) is 2.02. The molecule has 2 aromatic carbocycles. The quantitative estimate of drug-likeness (QED) is 0.845. The van der Waals surface area contributed by atoms with Gasteiger partial charge in [0.15, 0.2) is 11.5 Å². The number of methoxy groups -OCH3 is 2. The molecule has 0 saturated heterocycles. The van der Waals surface area contributed by atoms with Crippen LogP contribution in [-0.4, -0.2) is 19.9 Å². The molecule has 24 heavy (non-hydrogen) atoms. The van der Waals surface area contributed by atoms with E-state index in [4.69, 9.17) is 9.47 Å². The molecule has 0 amide bonds. The average Bonchev–Trinajstić information content (AvgIpc) is 3.13. The summed E-state index contributed by atoms with van der Waals surface area (Å²) in [6.07, 6.45) is 0.753. The lowest BCUT2D eigenvalue weighted by molar-refractivity contribution is -0.607. The Morgan fingerprint density at radius 1 is 1.12 bits per heavy atom. The van der Waals surface area contributed by atoms with Crippen LogP contribution >= 0.6 is 0 Å². The molecule has 6 heteroatoms. The van der Waals surface area contributed by atoms with E-state index in [-0.39, 0.29) is 5.82 Å². The van der Waals surface area contributed by atoms with Crippen molar-refractivity contribution in [1.29, 1.82) is 0 Å². The van der Waals surface area contributed by atoms with Gasteiger partial charge >= 0.3 is 0 Å². The number of nitrogens with one attached hydrogen (secondary N) is 1. The minimum Gasteiger partial charge on any atom is -0.493 e. The van der Waals surface area contributed by atoms with Crippen molar-refractivity contribution < 1.29 is 19.3 Å². The van der Waals surface area contributed by atoms with Crippen LogP contribution in [0.25, 0.3) is 0 Å². The number of quaternary nitrogens is 1. The number of hydrogen-bond donors (Lipinski definition) is 2. The monoisotopic (exact) mass is 326 g/mol. The lowest BCUT2D eigenvalue weighted by atomic mass is 10.1. The highest BCUT2D eigenvalue weighted by atomic mass is 19.1. The third kappa shape index (κ3) is 2.32. The summed E-state index contributed by atoms with van der Waals surface area (Å²) < 4.78 is 24.1. The van der Waals surface area contributed by atoms with Crippen molar-refractivity contribution in [3.63, 3.8) is 0 Å². The molecule has 122 valence electrons. The highest BCUT2D eigenvalue weighted by Gasteiger charge is 2.35. The van der Waals surface area contributed by atoms with Gasteiger partial charge in [0, 0.05) is 17.7 Å². The number of nitrogens with two attached hydrogens (primary N) is 1. The zero-order valence-electron chi connectivity index (χ0n) is 13.4. The van der Waals surface area contributed by atoms with Crippen molar-refractivity contribution in [3.05, 3.63) is 64.7 Å². The molecule has 2 aliphatic rings. The lowest BCUT2D eigenvalue weighted by Crippen LogP contribution is -2.76. The van der Waals surface area contributed by atoms with Gasteiger partial charge < -0.3 is 14.8 Å². The molecule has 0 atom stereocenters. The normalized spacial score (nSPS) is 15.0. The minimum absolute atomic E-state index is 0.270. The number of anilines is 1. The number of allylic oxidation sites excluding steroid dienone is 1. The van der Waals surface area contributed by atoms with Gasteiger partial charge in [-0.3, -0.25) is 0 Å². The molecule has 4 rings (SSSR count). The van der Waals surface area contributed by atoms with Crippen molar-refractivity contribution in [2.24, 2.45) is 5.10 Å². The van der Waals surface area contributed by atoms with Crippen molar-refractivity contribution in [3.8, 4) is 11.5 Å². The number of rotatable bonds is 4. The average molecular weight is 326 g/mol. The van der Waals surface area contributed by atoms with Gasteiger partial charge in [0.05, 0.1) is 19.8 Å². The smallest absolute Gasteiger partial charge is 0.235 e. The van der Waals surface area contributed by atoms with Crippen LogP contribution in [0, 0.1) is 5.82 Å². The molecule has 0 radical (unpaired) electrons. The number of ether oxygens (including phenoxy) is 2. The summed E-state index contributed by atoms with van der Waals surface area (Å²) in [6, 6.07) is 10.3. The summed E-state index contributed by atoms with van der Waals surface area (Å²) in [4.78, 5) is 0. The maximum atomic E-state index is 13.4. The molecule has 0 aromatic heterocycles. The first-order valence-electron chi connectivity index (χ1n) is 7.62. The summed E-state index contributed by atoms with van der Waals surface area (Å²) in [7, 11) is 3.25. The summed E-state index contributed by atoms with van der Waals surface area (Å²) in [6.45, 7) is 0. The van der Waals surface area contributed by atoms with Gasteiger partial charge in [0.1, 0.15) is 11.5 Å². The van der Waals surface area contributed by atoms with Gasteiger partial charge in [0.2, 0.25) is 5.82 Å². The van der Waals surface area contributed by atoms with Gasteiger partial charge in [-0.05, 0) is 35.9 Å². The zero-order valence-corrected chi connectivity index (χ0v) is 13.4. The molecule has 0 unspecified atom stereocenters. The second-order valence-electron chi connectivity index (χ2n) is 5.68. The van der Waals surface area contributed by atoms with Crippen LogP contribution in [0.5, 0.6) is 11.5 Å². The summed E-state index contributed by atoms with van der Waals surface area (Å²) >= 11 is 0. The highest BCUT2D eigenvalue weighted by Crippen LogP contribution is 2.37. The molecule has 2 aromatic rings. The SMILES string of the molecule is COc1cc2c(cc1OC)C1=N[NH2+]C(Nc3cccc(F)c3)=C1C2. The second-order valence-corrected chi connectivity index (χ2v) is 5.68. The van der Waals surface area contributed by atoms with E-state index in [1.807, 2.05) is 18.2 Å². The topological polar surface area (TPSA) is 59.5 Å². The van der Waals surface area contributed by atoms with Crippen LogP contribution in [0.2, 0.25) is 0 Å². The van der Waals surface area contributed by atoms with Gasteiger partial charge in [-0.2, -0.15) is 5.43 Å². The first kappa shape index (κ1) is 14.7. The van der Waals surface area contributed by atoms with Gasteiger partial charge in [0.25, 0.3) is 0 Å². The van der Waals surface area contributed by atoms with E-state index >= 15 is 0 Å². The number of hydrogen-bond acceptors (Lipinski definition) is 4. The molecule has 1 aliphatic heterocycles. The molecule has 1 heterocycles. The molecule has 3 N–H and O–H groups in total.